The number of carbonyl (C=O) groups is 1. The zero-order valence-corrected chi connectivity index (χ0v) is 14.6. The maximum Gasteiger partial charge on any atom is 0.283 e. The second kappa shape index (κ2) is 6.25. The first-order valence-corrected chi connectivity index (χ1v) is 8.74. The number of hydrogen-bond donors (Lipinski definition) is 2. The number of benzene rings is 2. The van der Waals surface area contributed by atoms with Crippen LogP contribution in [0.4, 0.5) is 5.13 Å². The Morgan fingerprint density at radius 1 is 1.24 bits per heavy atom. The zero-order valence-electron chi connectivity index (χ0n) is 13.8. The minimum Gasteiger partial charge on any atom is -0.485 e. The molecule has 2 aromatic carbocycles. The van der Waals surface area contributed by atoms with E-state index in [1.165, 1.54) is 16.9 Å². The highest BCUT2D eigenvalue weighted by Crippen LogP contribution is 2.31. The Morgan fingerprint density at radius 3 is 2.88 bits per heavy atom. The van der Waals surface area contributed by atoms with Crippen LogP contribution >= 0.6 is 11.3 Å². The van der Waals surface area contributed by atoms with Crippen LogP contribution in [0.2, 0.25) is 0 Å². The lowest BCUT2D eigenvalue weighted by Gasteiger charge is -2.25. The van der Waals surface area contributed by atoms with Crippen LogP contribution in [0.1, 0.15) is 11.1 Å². The van der Waals surface area contributed by atoms with Gasteiger partial charge in [0.2, 0.25) is 11.2 Å². The Kier molecular flexibility index (Phi) is 3.93. The average Bonchev–Trinajstić information content (AvgIpc) is 3.02. The summed E-state index contributed by atoms with van der Waals surface area (Å²) in [5.41, 5.74) is 8.78. The van der Waals surface area contributed by atoms with Crippen molar-refractivity contribution >= 4 is 32.6 Å². The molecule has 0 fully saturated rings. The molecule has 0 bridgehead atoms. The summed E-state index contributed by atoms with van der Waals surface area (Å²) >= 11 is 1.50. The average molecular weight is 355 g/mol. The van der Waals surface area contributed by atoms with Crippen molar-refractivity contribution in [2.45, 2.75) is 20.0 Å². The molecule has 7 heteroatoms. The third kappa shape index (κ3) is 3.10. The molecule has 0 unspecified atom stereocenters. The van der Waals surface area contributed by atoms with Crippen molar-refractivity contribution in [3.63, 3.8) is 0 Å². The number of hydrazine groups is 1. The zero-order chi connectivity index (χ0) is 17.4. The normalized spacial score (nSPS) is 15.8. The predicted octanol–water partition coefficient (Wildman–Crippen LogP) is 3.20. The second-order valence-corrected chi connectivity index (χ2v) is 6.93. The molecule has 1 amide bonds. The Balaban J connectivity index is 1.43. The Hall–Kier alpha value is -2.80. The van der Waals surface area contributed by atoms with Gasteiger partial charge in [0.1, 0.15) is 6.61 Å². The van der Waals surface area contributed by atoms with Crippen LogP contribution in [-0.2, 0) is 4.79 Å². The van der Waals surface area contributed by atoms with Gasteiger partial charge < -0.3 is 9.47 Å². The number of nitrogens with one attached hydrogen (secondary N) is 2. The Bertz CT molecular complexity index is 954. The Morgan fingerprint density at radius 2 is 2.04 bits per heavy atom. The molecule has 4 rings (SSSR count). The van der Waals surface area contributed by atoms with Gasteiger partial charge in [0.15, 0.2) is 11.5 Å². The summed E-state index contributed by atoms with van der Waals surface area (Å²) in [6.07, 6.45) is -0.708. The third-order valence-corrected chi connectivity index (χ3v) is 5.04. The van der Waals surface area contributed by atoms with E-state index in [0.29, 0.717) is 16.6 Å². The number of ether oxygens (including phenoxy) is 2. The van der Waals surface area contributed by atoms with Gasteiger partial charge in [-0.25, -0.2) is 4.98 Å². The fourth-order valence-electron chi connectivity index (χ4n) is 2.77. The summed E-state index contributed by atoms with van der Waals surface area (Å²) in [7, 11) is 0. The van der Waals surface area contributed by atoms with Crippen molar-refractivity contribution in [3.05, 3.63) is 47.5 Å². The van der Waals surface area contributed by atoms with Gasteiger partial charge in [-0.1, -0.05) is 29.5 Å². The fraction of sp³-hybridized carbons (Fsp3) is 0.222. The van der Waals surface area contributed by atoms with Crippen LogP contribution in [0.3, 0.4) is 0 Å². The number of fused-ring (bicyclic) bond motifs is 2. The van der Waals surface area contributed by atoms with Gasteiger partial charge in [0.05, 0.1) is 10.2 Å². The molecule has 0 spiro atoms. The molecule has 2 N–H and O–H groups in total. The minimum absolute atomic E-state index is 0.169. The first kappa shape index (κ1) is 15.7. The first-order chi connectivity index (χ1) is 12.1. The van der Waals surface area contributed by atoms with Crippen molar-refractivity contribution in [1.82, 2.24) is 10.4 Å². The molecule has 1 aliphatic rings. The Labute approximate surface area is 148 Å². The van der Waals surface area contributed by atoms with Gasteiger partial charge in [-0.2, -0.15) is 0 Å². The molecule has 1 aromatic heterocycles. The number of carbonyl (C=O) groups excluding carboxylic acids is 1. The standard InChI is InChI=1S/C18H17N3O3S/c1-10-7-11(2)16-12(8-10)19-18(25-16)21-20-17(22)15-9-23-13-5-3-4-6-14(13)24-15/h3-8,15H,9H2,1-2H3,(H,19,21)(H,20,22)/t15-/m0/s1. The van der Waals surface area contributed by atoms with E-state index >= 15 is 0 Å². The third-order valence-electron chi connectivity index (χ3n) is 3.91. The molecule has 128 valence electrons. The lowest BCUT2D eigenvalue weighted by Crippen LogP contribution is -2.45. The number of hydrogen-bond acceptors (Lipinski definition) is 6. The van der Waals surface area contributed by atoms with Gasteiger partial charge in [0, 0.05) is 0 Å². The fourth-order valence-corrected chi connectivity index (χ4v) is 3.64. The minimum atomic E-state index is -0.708. The predicted molar refractivity (Wildman–Crippen MR) is 97.2 cm³/mol. The van der Waals surface area contributed by atoms with E-state index in [1.807, 2.05) is 31.2 Å². The van der Waals surface area contributed by atoms with Crippen molar-refractivity contribution in [2.75, 3.05) is 12.0 Å². The van der Waals surface area contributed by atoms with Gasteiger partial charge in [0.25, 0.3) is 5.91 Å². The van der Waals surface area contributed by atoms with E-state index in [1.54, 1.807) is 6.07 Å². The molecular weight excluding hydrogens is 338 g/mol. The molecule has 1 atom stereocenters. The molecule has 1 aliphatic heterocycles. The summed E-state index contributed by atoms with van der Waals surface area (Å²) < 4.78 is 12.3. The van der Waals surface area contributed by atoms with Crippen molar-refractivity contribution in [1.29, 1.82) is 0 Å². The topological polar surface area (TPSA) is 72.5 Å². The van der Waals surface area contributed by atoms with Crippen LogP contribution in [0, 0.1) is 13.8 Å². The molecule has 0 saturated heterocycles. The van der Waals surface area contributed by atoms with Crippen molar-refractivity contribution < 1.29 is 14.3 Å². The summed E-state index contributed by atoms with van der Waals surface area (Å²) in [4.78, 5) is 16.8. The SMILES string of the molecule is Cc1cc(C)c2sc(NNC(=O)[C@@H]3COc4ccccc4O3)nc2c1. The lowest BCUT2D eigenvalue weighted by atomic mass is 10.1. The number of thiazole rings is 1. The van der Waals surface area contributed by atoms with Gasteiger partial charge in [-0.15, -0.1) is 0 Å². The van der Waals surface area contributed by atoms with Crippen molar-refractivity contribution in [2.24, 2.45) is 0 Å². The van der Waals surface area contributed by atoms with Crippen LogP contribution in [0.5, 0.6) is 11.5 Å². The van der Waals surface area contributed by atoms with E-state index in [9.17, 15) is 4.79 Å². The molecule has 2 heterocycles. The number of aryl methyl sites for hydroxylation is 2. The second-order valence-electron chi connectivity index (χ2n) is 5.93. The molecule has 25 heavy (non-hydrogen) atoms. The first-order valence-electron chi connectivity index (χ1n) is 7.92. The molecule has 6 nitrogen and oxygen atoms in total. The number of rotatable bonds is 3. The highest BCUT2D eigenvalue weighted by Gasteiger charge is 2.27. The van der Waals surface area contributed by atoms with Crippen LogP contribution in [0.25, 0.3) is 10.2 Å². The highest BCUT2D eigenvalue weighted by molar-refractivity contribution is 7.22. The largest absolute Gasteiger partial charge is 0.485 e. The van der Waals surface area contributed by atoms with Crippen LogP contribution < -0.4 is 20.3 Å². The number of para-hydroxylation sites is 2. The summed E-state index contributed by atoms with van der Waals surface area (Å²) in [5.74, 6) is 0.915. The van der Waals surface area contributed by atoms with E-state index < -0.39 is 6.10 Å². The lowest BCUT2D eigenvalue weighted by molar-refractivity contribution is -0.129. The quantitative estimate of drug-likeness (QED) is 0.706. The smallest absolute Gasteiger partial charge is 0.283 e. The summed E-state index contributed by atoms with van der Waals surface area (Å²) in [6.45, 7) is 4.27. The highest BCUT2D eigenvalue weighted by atomic mass is 32.1. The van der Waals surface area contributed by atoms with Gasteiger partial charge in [-0.05, 0) is 43.2 Å². The number of aromatic nitrogens is 1. The van der Waals surface area contributed by atoms with Crippen LogP contribution in [0.15, 0.2) is 36.4 Å². The maximum absolute atomic E-state index is 12.3. The number of amides is 1. The molecule has 3 aromatic rings. The summed E-state index contributed by atoms with van der Waals surface area (Å²) in [5, 5.41) is 0.633. The number of nitrogens with zero attached hydrogens (tertiary/aromatic N) is 1. The van der Waals surface area contributed by atoms with E-state index in [0.717, 1.165) is 15.8 Å². The van der Waals surface area contributed by atoms with Gasteiger partial charge in [-0.3, -0.25) is 15.6 Å². The molecule has 0 aliphatic carbocycles. The van der Waals surface area contributed by atoms with E-state index in [4.69, 9.17) is 9.47 Å². The van der Waals surface area contributed by atoms with Gasteiger partial charge >= 0.3 is 0 Å². The number of anilines is 1. The molecular formula is C18H17N3O3S. The maximum atomic E-state index is 12.3. The van der Waals surface area contributed by atoms with Crippen molar-refractivity contribution in [3.8, 4) is 11.5 Å². The summed E-state index contributed by atoms with van der Waals surface area (Å²) in [6, 6.07) is 11.4. The van der Waals surface area contributed by atoms with Crippen LogP contribution in [-0.4, -0.2) is 23.6 Å². The molecule has 0 radical (unpaired) electrons. The molecule has 0 saturated carbocycles. The van der Waals surface area contributed by atoms with E-state index in [-0.39, 0.29) is 12.5 Å². The monoisotopic (exact) mass is 355 g/mol. The van der Waals surface area contributed by atoms with E-state index in [2.05, 4.69) is 28.8 Å².